The summed E-state index contributed by atoms with van der Waals surface area (Å²) < 4.78 is 10.7. The summed E-state index contributed by atoms with van der Waals surface area (Å²) in [5.74, 6) is -0.0779. The van der Waals surface area contributed by atoms with Crippen LogP contribution in [0.3, 0.4) is 0 Å². The van der Waals surface area contributed by atoms with Gasteiger partial charge in [-0.25, -0.2) is 0 Å². The zero-order valence-electron chi connectivity index (χ0n) is 25.4. The Morgan fingerprint density at radius 2 is 0.865 bits per heavy atom. The van der Waals surface area contributed by atoms with Crippen LogP contribution in [-0.4, -0.2) is 19.2 Å². The van der Waals surface area contributed by atoms with E-state index in [0.717, 1.165) is 19.3 Å². The first-order valence-corrected chi connectivity index (χ1v) is 16.7. The quantitative estimate of drug-likeness (QED) is 0.0516. The second-order valence-corrected chi connectivity index (χ2v) is 11.1. The predicted octanol–water partition coefficient (Wildman–Crippen LogP) is 11.6. The zero-order chi connectivity index (χ0) is 26.9. The first kappa shape index (κ1) is 36.0. The normalized spacial score (nSPS) is 11.4. The van der Waals surface area contributed by atoms with Gasteiger partial charge in [0.1, 0.15) is 13.2 Å². The fraction of sp³-hybridized carbons (Fsp3) is 0.912. The first-order valence-electron chi connectivity index (χ1n) is 16.7. The molecule has 0 aromatic carbocycles. The SMILES string of the molecule is CCCCCCCCCCCCCCCC/C=C\OCCOC(=O)CCCCCCCCCCCCC. The van der Waals surface area contributed by atoms with E-state index in [1.807, 2.05) is 0 Å². The maximum atomic E-state index is 11.8. The molecule has 0 spiro atoms. The van der Waals surface area contributed by atoms with Gasteiger partial charge >= 0.3 is 5.97 Å². The second-order valence-electron chi connectivity index (χ2n) is 11.1. The van der Waals surface area contributed by atoms with E-state index in [-0.39, 0.29) is 5.97 Å². The Morgan fingerprint density at radius 3 is 1.30 bits per heavy atom. The summed E-state index contributed by atoms with van der Waals surface area (Å²) in [6, 6.07) is 0. The van der Waals surface area contributed by atoms with Crippen molar-refractivity contribution in [2.24, 2.45) is 0 Å². The van der Waals surface area contributed by atoms with Crippen molar-refractivity contribution in [1.29, 1.82) is 0 Å². The molecule has 0 radical (unpaired) electrons. The predicted molar refractivity (Wildman–Crippen MR) is 162 cm³/mol. The van der Waals surface area contributed by atoms with Crippen LogP contribution in [0, 0.1) is 0 Å². The molecule has 0 atom stereocenters. The van der Waals surface area contributed by atoms with Gasteiger partial charge in [-0.15, -0.1) is 0 Å². The summed E-state index contributed by atoms with van der Waals surface area (Å²) in [6.45, 7) is 5.37. The van der Waals surface area contributed by atoms with E-state index in [1.165, 1.54) is 148 Å². The van der Waals surface area contributed by atoms with Crippen LogP contribution in [0.25, 0.3) is 0 Å². The molecule has 0 bridgehead atoms. The van der Waals surface area contributed by atoms with Gasteiger partial charge in [-0.2, -0.15) is 0 Å². The van der Waals surface area contributed by atoms with Crippen molar-refractivity contribution < 1.29 is 14.3 Å². The van der Waals surface area contributed by atoms with Crippen molar-refractivity contribution in [3.8, 4) is 0 Å². The van der Waals surface area contributed by atoms with Gasteiger partial charge in [0.25, 0.3) is 0 Å². The number of esters is 1. The molecule has 0 saturated carbocycles. The highest BCUT2D eigenvalue weighted by Gasteiger charge is 2.02. The molecule has 220 valence electrons. The van der Waals surface area contributed by atoms with Crippen LogP contribution in [0.5, 0.6) is 0 Å². The van der Waals surface area contributed by atoms with Crippen LogP contribution in [0.1, 0.15) is 187 Å². The second kappa shape index (κ2) is 33.0. The Bertz CT molecular complexity index is 460. The molecule has 0 amide bonds. The molecule has 3 heteroatoms. The molecule has 0 saturated heterocycles. The maximum absolute atomic E-state index is 11.8. The summed E-state index contributed by atoms with van der Waals surface area (Å²) in [5.41, 5.74) is 0. The van der Waals surface area contributed by atoms with Crippen molar-refractivity contribution in [2.75, 3.05) is 13.2 Å². The minimum absolute atomic E-state index is 0.0779. The molecule has 0 fully saturated rings. The molecule has 0 aliphatic heterocycles. The van der Waals surface area contributed by atoms with Gasteiger partial charge in [0.05, 0.1) is 6.26 Å². The summed E-state index contributed by atoms with van der Waals surface area (Å²) in [7, 11) is 0. The molecule has 0 aromatic heterocycles. The summed E-state index contributed by atoms with van der Waals surface area (Å²) in [6.07, 6.45) is 39.3. The third-order valence-electron chi connectivity index (χ3n) is 7.37. The Balaban J connectivity index is 3.20. The molecule has 0 aromatic rings. The Morgan fingerprint density at radius 1 is 0.486 bits per heavy atom. The molecular formula is C34H66O3. The lowest BCUT2D eigenvalue weighted by Gasteiger charge is -2.05. The number of carbonyl (C=O) groups excluding carboxylic acids is 1. The molecule has 37 heavy (non-hydrogen) atoms. The molecule has 0 rings (SSSR count). The van der Waals surface area contributed by atoms with Gasteiger partial charge in [-0.3, -0.25) is 4.79 Å². The largest absolute Gasteiger partial charge is 0.498 e. The third kappa shape index (κ3) is 33.0. The fourth-order valence-electron chi connectivity index (χ4n) is 4.87. The maximum Gasteiger partial charge on any atom is 0.305 e. The molecular weight excluding hydrogens is 456 g/mol. The zero-order valence-corrected chi connectivity index (χ0v) is 25.4. The lowest BCUT2D eigenvalue weighted by atomic mass is 10.0. The Kier molecular flexibility index (Phi) is 32.2. The molecule has 3 nitrogen and oxygen atoms in total. The van der Waals surface area contributed by atoms with E-state index < -0.39 is 0 Å². The standard InChI is InChI=1S/C34H66O3/c1-3-5-7-9-11-13-15-16-17-18-19-21-23-25-27-29-31-36-32-33-37-34(35)30-28-26-24-22-20-14-12-10-8-6-4-2/h29,31H,3-28,30,32-33H2,1-2H3/b31-29-. The Hall–Kier alpha value is -0.990. The highest BCUT2D eigenvalue weighted by atomic mass is 16.6. The van der Waals surface area contributed by atoms with Crippen molar-refractivity contribution >= 4 is 5.97 Å². The number of allylic oxidation sites excluding steroid dienone is 1. The molecule has 0 aliphatic carbocycles. The van der Waals surface area contributed by atoms with Crippen molar-refractivity contribution in [3.63, 3.8) is 0 Å². The average molecular weight is 523 g/mol. The van der Waals surface area contributed by atoms with Gasteiger partial charge in [0.15, 0.2) is 0 Å². The van der Waals surface area contributed by atoms with Gasteiger partial charge < -0.3 is 9.47 Å². The van der Waals surface area contributed by atoms with Crippen molar-refractivity contribution in [3.05, 3.63) is 12.3 Å². The number of hydrogen-bond acceptors (Lipinski definition) is 3. The van der Waals surface area contributed by atoms with E-state index in [0.29, 0.717) is 19.6 Å². The van der Waals surface area contributed by atoms with Crippen LogP contribution in [0.15, 0.2) is 12.3 Å². The van der Waals surface area contributed by atoms with E-state index in [4.69, 9.17) is 9.47 Å². The van der Waals surface area contributed by atoms with Gasteiger partial charge in [-0.1, -0.05) is 162 Å². The highest BCUT2D eigenvalue weighted by Crippen LogP contribution is 2.14. The van der Waals surface area contributed by atoms with Crippen LogP contribution in [0.4, 0.5) is 0 Å². The Labute approximate surface area is 232 Å². The molecule has 0 N–H and O–H groups in total. The third-order valence-corrected chi connectivity index (χ3v) is 7.37. The van der Waals surface area contributed by atoms with Crippen LogP contribution in [0.2, 0.25) is 0 Å². The number of hydrogen-bond donors (Lipinski definition) is 0. The van der Waals surface area contributed by atoms with E-state index in [1.54, 1.807) is 6.26 Å². The summed E-state index contributed by atoms with van der Waals surface area (Å²) >= 11 is 0. The smallest absolute Gasteiger partial charge is 0.305 e. The van der Waals surface area contributed by atoms with Crippen LogP contribution >= 0.6 is 0 Å². The topological polar surface area (TPSA) is 35.5 Å². The van der Waals surface area contributed by atoms with Crippen molar-refractivity contribution in [2.45, 2.75) is 187 Å². The highest BCUT2D eigenvalue weighted by molar-refractivity contribution is 5.69. The molecule has 0 unspecified atom stereocenters. The van der Waals surface area contributed by atoms with Crippen LogP contribution < -0.4 is 0 Å². The summed E-state index contributed by atoms with van der Waals surface area (Å²) in [5, 5.41) is 0. The number of carbonyl (C=O) groups is 1. The van der Waals surface area contributed by atoms with Gasteiger partial charge in [0, 0.05) is 6.42 Å². The number of ether oxygens (including phenoxy) is 2. The van der Waals surface area contributed by atoms with E-state index in [2.05, 4.69) is 19.9 Å². The first-order chi connectivity index (χ1) is 18.3. The van der Waals surface area contributed by atoms with E-state index in [9.17, 15) is 4.79 Å². The van der Waals surface area contributed by atoms with Crippen LogP contribution in [-0.2, 0) is 14.3 Å². The van der Waals surface area contributed by atoms with Gasteiger partial charge in [-0.05, 0) is 25.3 Å². The lowest BCUT2D eigenvalue weighted by molar-refractivity contribution is -0.144. The van der Waals surface area contributed by atoms with E-state index >= 15 is 0 Å². The molecule has 0 heterocycles. The summed E-state index contributed by atoms with van der Waals surface area (Å²) in [4.78, 5) is 11.8. The minimum atomic E-state index is -0.0779. The average Bonchev–Trinajstić information content (AvgIpc) is 2.90. The fourth-order valence-corrected chi connectivity index (χ4v) is 4.87. The van der Waals surface area contributed by atoms with Gasteiger partial charge in [0.2, 0.25) is 0 Å². The monoisotopic (exact) mass is 523 g/mol. The van der Waals surface area contributed by atoms with Crippen molar-refractivity contribution in [1.82, 2.24) is 0 Å². The lowest BCUT2D eigenvalue weighted by Crippen LogP contribution is -2.09. The number of rotatable bonds is 31. The minimum Gasteiger partial charge on any atom is -0.498 e. The molecule has 0 aliphatic rings. The number of unbranched alkanes of at least 4 members (excludes halogenated alkanes) is 24.